The summed E-state index contributed by atoms with van der Waals surface area (Å²) in [5.74, 6) is 1.28. The first-order valence-electron chi connectivity index (χ1n) is 6.55. The van der Waals surface area contributed by atoms with Gasteiger partial charge in [0.2, 0.25) is 0 Å². The Balaban J connectivity index is 2.42. The molecule has 1 aliphatic rings. The van der Waals surface area contributed by atoms with E-state index < -0.39 is 5.41 Å². The molecule has 0 aromatic heterocycles. The van der Waals surface area contributed by atoms with Crippen LogP contribution < -0.4 is 15.2 Å². The Labute approximate surface area is 113 Å². The SMILES string of the molecule is COc1ccc(OC)c(C(=O)C2(C)CCCC2N)c1. The summed E-state index contributed by atoms with van der Waals surface area (Å²) in [6, 6.07) is 5.19. The van der Waals surface area contributed by atoms with E-state index in [1.807, 2.05) is 6.92 Å². The number of nitrogens with two attached hydrogens (primary N) is 1. The summed E-state index contributed by atoms with van der Waals surface area (Å²) in [6.07, 6.45) is 2.72. The Bertz CT molecular complexity index is 486. The average molecular weight is 263 g/mol. The smallest absolute Gasteiger partial charge is 0.174 e. The van der Waals surface area contributed by atoms with Crippen molar-refractivity contribution in [2.24, 2.45) is 11.1 Å². The number of Topliss-reactive ketones (excluding diaryl/α,β-unsaturated/α-hetero) is 1. The fraction of sp³-hybridized carbons (Fsp3) is 0.533. The number of benzene rings is 1. The van der Waals surface area contributed by atoms with E-state index in [1.54, 1.807) is 32.4 Å². The van der Waals surface area contributed by atoms with Crippen LogP contribution in [-0.2, 0) is 0 Å². The largest absolute Gasteiger partial charge is 0.497 e. The predicted molar refractivity (Wildman–Crippen MR) is 73.8 cm³/mol. The van der Waals surface area contributed by atoms with Crippen LogP contribution in [0, 0.1) is 5.41 Å². The topological polar surface area (TPSA) is 61.5 Å². The van der Waals surface area contributed by atoms with E-state index in [4.69, 9.17) is 15.2 Å². The van der Waals surface area contributed by atoms with Gasteiger partial charge in [-0.15, -0.1) is 0 Å². The van der Waals surface area contributed by atoms with Crippen molar-refractivity contribution >= 4 is 5.78 Å². The van der Waals surface area contributed by atoms with Crippen LogP contribution >= 0.6 is 0 Å². The van der Waals surface area contributed by atoms with Gasteiger partial charge in [-0.1, -0.05) is 13.3 Å². The molecule has 0 bridgehead atoms. The van der Waals surface area contributed by atoms with Gasteiger partial charge in [0.25, 0.3) is 0 Å². The van der Waals surface area contributed by atoms with Gasteiger partial charge in [-0.05, 0) is 31.0 Å². The predicted octanol–water partition coefficient (Wildman–Crippen LogP) is 2.40. The van der Waals surface area contributed by atoms with Crippen molar-refractivity contribution in [1.29, 1.82) is 0 Å². The maximum atomic E-state index is 12.8. The van der Waals surface area contributed by atoms with Crippen molar-refractivity contribution in [2.45, 2.75) is 32.2 Å². The molecule has 1 aromatic carbocycles. The molecule has 0 heterocycles. The van der Waals surface area contributed by atoms with Gasteiger partial charge >= 0.3 is 0 Å². The first-order valence-corrected chi connectivity index (χ1v) is 6.55. The molecule has 1 fully saturated rings. The summed E-state index contributed by atoms with van der Waals surface area (Å²) < 4.78 is 10.5. The number of ether oxygens (including phenoxy) is 2. The second kappa shape index (κ2) is 5.21. The molecule has 4 nitrogen and oxygen atoms in total. The highest BCUT2D eigenvalue weighted by Crippen LogP contribution is 2.41. The molecular formula is C15H21NO3. The van der Waals surface area contributed by atoms with E-state index in [2.05, 4.69) is 0 Å². The Kier molecular flexibility index (Phi) is 3.80. The molecule has 0 aliphatic heterocycles. The molecule has 1 saturated carbocycles. The normalized spacial score (nSPS) is 26.2. The lowest BCUT2D eigenvalue weighted by molar-refractivity contribution is 0.0799. The summed E-state index contributed by atoms with van der Waals surface area (Å²) in [4.78, 5) is 12.8. The zero-order valence-electron chi connectivity index (χ0n) is 11.7. The van der Waals surface area contributed by atoms with E-state index in [1.165, 1.54) is 0 Å². The van der Waals surface area contributed by atoms with Crippen molar-refractivity contribution in [3.63, 3.8) is 0 Å². The van der Waals surface area contributed by atoms with Crippen molar-refractivity contribution in [3.05, 3.63) is 23.8 Å². The van der Waals surface area contributed by atoms with Gasteiger partial charge < -0.3 is 15.2 Å². The average Bonchev–Trinajstić information content (AvgIpc) is 2.78. The minimum Gasteiger partial charge on any atom is -0.497 e. The molecule has 104 valence electrons. The Hall–Kier alpha value is -1.55. The third kappa shape index (κ3) is 2.32. The molecule has 2 unspecified atom stereocenters. The van der Waals surface area contributed by atoms with Crippen LogP contribution in [0.5, 0.6) is 11.5 Å². The van der Waals surface area contributed by atoms with Crippen LogP contribution in [0.3, 0.4) is 0 Å². The van der Waals surface area contributed by atoms with Gasteiger partial charge in [0.1, 0.15) is 11.5 Å². The first-order chi connectivity index (χ1) is 9.02. The van der Waals surface area contributed by atoms with E-state index in [0.717, 1.165) is 19.3 Å². The van der Waals surface area contributed by atoms with Crippen molar-refractivity contribution < 1.29 is 14.3 Å². The highest BCUT2D eigenvalue weighted by Gasteiger charge is 2.44. The number of carbonyl (C=O) groups is 1. The number of hydrogen-bond donors (Lipinski definition) is 1. The summed E-state index contributed by atoms with van der Waals surface area (Å²) >= 11 is 0. The molecule has 19 heavy (non-hydrogen) atoms. The van der Waals surface area contributed by atoms with Gasteiger partial charge in [0.15, 0.2) is 5.78 Å². The van der Waals surface area contributed by atoms with Crippen LogP contribution in [0.15, 0.2) is 18.2 Å². The lowest BCUT2D eigenvalue weighted by Crippen LogP contribution is -2.41. The van der Waals surface area contributed by atoms with Crippen LogP contribution in [0.2, 0.25) is 0 Å². The van der Waals surface area contributed by atoms with Crippen LogP contribution in [0.25, 0.3) is 0 Å². The van der Waals surface area contributed by atoms with Crippen LogP contribution in [-0.4, -0.2) is 26.0 Å². The minimum atomic E-state index is -0.500. The molecular weight excluding hydrogens is 242 g/mol. The standard InChI is InChI=1S/C15H21NO3/c1-15(8-4-5-13(15)16)14(17)11-9-10(18-2)6-7-12(11)19-3/h6-7,9,13H,4-5,8,16H2,1-3H3. The van der Waals surface area contributed by atoms with Gasteiger partial charge in [0, 0.05) is 11.5 Å². The van der Waals surface area contributed by atoms with Gasteiger partial charge in [-0.2, -0.15) is 0 Å². The molecule has 4 heteroatoms. The second-order valence-electron chi connectivity index (χ2n) is 5.31. The molecule has 0 spiro atoms. The van der Waals surface area contributed by atoms with Gasteiger partial charge in [-0.25, -0.2) is 0 Å². The van der Waals surface area contributed by atoms with Gasteiger partial charge in [-0.3, -0.25) is 4.79 Å². The van der Waals surface area contributed by atoms with E-state index in [0.29, 0.717) is 17.1 Å². The summed E-state index contributed by atoms with van der Waals surface area (Å²) in [5, 5.41) is 0. The third-order valence-electron chi connectivity index (χ3n) is 4.20. The van der Waals surface area contributed by atoms with Gasteiger partial charge in [0.05, 0.1) is 19.8 Å². The number of rotatable bonds is 4. The second-order valence-corrected chi connectivity index (χ2v) is 5.31. The third-order valence-corrected chi connectivity index (χ3v) is 4.20. The van der Waals surface area contributed by atoms with Crippen molar-refractivity contribution in [3.8, 4) is 11.5 Å². The lowest BCUT2D eigenvalue weighted by Gasteiger charge is -2.28. The summed E-state index contributed by atoms with van der Waals surface area (Å²) in [5.41, 5.74) is 6.18. The Morgan fingerprint density at radius 1 is 1.37 bits per heavy atom. The number of ketones is 1. The highest BCUT2D eigenvalue weighted by molar-refractivity contribution is 6.03. The molecule has 1 aromatic rings. The maximum Gasteiger partial charge on any atom is 0.174 e. The highest BCUT2D eigenvalue weighted by atomic mass is 16.5. The van der Waals surface area contributed by atoms with Crippen LogP contribution in [0.1, 0.15) is 36.5 Å². The molecule has 0 saturated heterocycles. The summed E-state index contributed by atoms with van der Waals surface area (Å²) in [7, 11) is 3.15. The quantitative estimate of drug-likeness (QED) is 0.847. The Morgan fingerprint density at radius 3 is 2.63 bits per heavy atom. The first kappa shape index (κ1) is 13.9. The zero-order chi connectivity index (χ0) is 14.0. The number of hydrogen-bond acceptors (Lipinski definition) is 4. The lowest BCUT2D eigenvalue weighted by atomic mass is 9.78. The Morgan fingerprint density at radius 2 is 2.11 bits per heavy atom. The van der Waals surface area contributed by atoms with Crippen molar-refractivity contribution in [2.75, 3.05) is 14.2 Å². The number of carbonyl (C=O) groups excluding carboxylic acids is 1. The number of methoxy groups -OCH3 is 2. The van der Waals surface area contributed by atoms with E-state index >= 15 is 0 Å². The fourth-order valence-electron chi connectivity index (χ4n) is 2.77. The molecule has 2 rings (SSSR count). The fourth-order valence-corrected chi connectivity index (χ4v) is 2.77. The van der Waals surface area contributed by atoms with Crippen LogP contribution in [0.4, 0.5) is 0 Å². The molecule has 0 radical (unpaired) electrons. The maximum absolute atomic E-state index is 12.8. The zero-order valence-corrected chi connectivity index (χ0v) is 11.7. The molecule has 1 aliphatic carbocycles. The van der Waals surface area contributed by atoms with E-state index in [9.17, 15) is 4.79 Å². The van der Waals surface area contributed by atoms with E-state index in [-0.39, 0.29) is 11.8 Å². The monoisotopic (exact) mass is 263 g/mol. The minimum absolute atomic E-state index is 0.0493. The molecule has 2 atom stereocenters. The molecule has 0 amide bonds. The summed E-state index contributed by atoms with van der Waals surface area (Å²) in [6.45, 7) is 1.95. The molecule has 2 N–H and O–H groups in total. The van der Waals surface area contributed by atoms with Crippen molar-refractivity contribution in [1.82, 2.24) is 0 Å².